The van der Waals surface area contributed by atoms with Crippen molar-refractivity contribution in [1.82, 2.24) is 0 Å². The molecule has 0 aromatic heterocycles. The fourth-order valence-electron chi connectivity index (χ4n) is 1.82. The highest BCUT2D eigenvalue weighted by atomic mass is 79.9. The molecule has 0 saturated heterocycles. The molecule has 0 spiro atoms. The van der Waals surface area contributed by atoms with Crippen LogP contribution in [-0.4, -0.2) is 12.1 Å². The summed E-state index contributed by atoms with van der Waals surface area (Å²) < 4.78 is 11.8. The molecule has 0 bridgehead atoms. The summed E-state index contributed by atoms with van der Waals surface area (Å²) >= 11 is 8.50. The SMILES string of the molecule is COCc1cccc(Oc2cccc(Br)c2C(N)=S)c1. The van der Waals surface area contributed by atoms with Crippen molar-refractivity contribution >= 4 is 33.1 Å². The number of halogens is 1. The molecule has 2 rings (SSSR count). The Morgan fingerprint density at radius 3 is 2.70 bits per heavy atom. The van der Waals surface area contributed by atoms with Crippen LogP contribution in [-0.2, 0) is 11.3 Å². The van der Waals surface area contributed by atoms with Crippen molar-refractivity contribution in [2.45, 2.75) is 6.61 Å². The molecular formula is C15H14BrNO2S. The van der Waals surface area contributed by atoms with Crippen LogP contribution in [0, 0.1) is 0 Å². The summed E-state index contributed by atoms with van der Waals surface area (Å²) in [4.78, 5) is 0.292. The van der Waals surface area contributed by atoms with Crippen molar-refractivity contribution in [1.29, 1.82) is 0 Å². The van der Waals surface area contributed by atoms with Gasteiger partial charge in [-0.25, -0.2) is 0 Å². The van der Waals surface area contributed by atoms with Crippen molar-refractivity contribution in [3.8, 4) is 11.5 Å². The Kier molecular flexibility index (Phi) is 5.11. The van der Waals surface area contributed by atoms with Crippen molar-refractivity contribution in [3.05, 3.63) is 58.1 Å². The summed E-state index contributed by atoms with van der Waals surface area (Å²) in [6.07, 6.45) is 0. The van der Waals surface area contributed by atoms with E-state index in [2.05, 4.69) is 15.9 Å². The van der Waals surface area contributed by atoms with Gasteiger partial charge in [-0.3, -0.25) is 0 Å². The first kappa shape index (κ1) is 15.0. The minimum Gasteiger partial charge on any atom is -0.457 e. The summed E-state index contributed by atoms with van der Waals surface area (Å²) in [7, 11) is 1.66. The molecule has 2 aromatic rings. The van der Waals surface area contributed by atoms with E-state index < -0.39 is 0 Å². The van der Waals surface area contributed by atoms with Gasteiger partial charge in [0, 0.05) is 11.6 Å². The van der Waals surface area contributed by atoms with Gasteiger partial charge in [0.25, 0.3) is 0 Å². The van der Waals surface area contributed by atoms with Crippen LogP contribution in [0.3, 0.4) is 0 Å². The average molecular weight is 352 g/mol. The van der Waals surface area contributed by atoms with E-state index in [1.54, 1.807) is 7.11 Å². The van der Waals surface area contributed by atoms with Crippen LogP contribution in [0.1, 0.15) is 11.1 Å². The monoisotopic (exact) mass is 351 g/mol. The summed E-state index contributed by atoms with van der Waals surface area (Å²) in [5.74, 6) is 1.34. The molecule has 0 saturated carbocycles. The van der Waals surface area contributed by atoms with Crippen molar-refractivity contribution < 1.29 is 9.47 Å². The third-order valence-corrected chi connectivity index (χ3v) is 3.52. The van der Waals surface area contributed by atoms with Crippen molar-refractivity contribution in [2.75, 3.05) is 7.11 Å². The van der Waals surface area contributed by atoms with Crippen LogP contribution in [0.5, 0.6) is 11.5 Å². The van der Waals surface area contributed by atoms with Gasteiger partial charge in [-0.1, -0.05) is 30.4 Å². The third kappa shape index (κ3) is 3.56. The summed E-state index contributed by atoms with van der Waals surface area (Å²) in [6, 6.07) is 13.3. The van der Waals surface area contributed by atoms with Crippen LogP contribution in [0.25, 0.3) is 0 Å². The average Bonchev–Trinajstić information content (AvgIpc) is 2.39. The highest BCUT2D eigenvalue weighted by Crippen LogP contribution is 2.31. The van der Waals surface area contributed by atoms with Crippen LogP contribution in [0.15, 0.2) is 46.9 Å². The predicted octanol–water partition coefficient (Wildman–Crippen LogP) is 4.02. The largest absolute Gasteiger partial charge is 0.457 e. The van der Waals surface area contributed by atoms with Gasteiger partial charge in [0.05, 0.1) is 12.2 Å². The Balaban J connectivity index is 2.32. The molecule has 0 unspecified atom stereocenters. The number of nitrogens with two attached hydrogens (primary N) is 1. The molecule has 0 amide bonds. The number of hydrogen-bond acceptors (Lipinski definition) is 3. The molecule has 3 nitrogen and oxygen atoms in total. The van der Waals surface area contributed by atoms with E-state index in [9.17, 15) is 0 Å². The molecule has 0 aliphatic heterocycles. The normalized spacial score (nSPS) is 10.3. The van der Waals surface area contributed by atoms with E-state index in [1.165, 1.54) is 0 Å². The second-order valence-corrected chi connectivity index (χ2v) is 5.45. The molecular weight excluding hydrogens is 338 g/mol. The zero-order valence-electron chi connectivity index (χ0n) is 10.9. The zero-order valence-corrected chi connectivity index (χ0v) is 13.3. The quantitative estimate of drug-likeness (QED) is 0.826. The highest BCUT2D eigenvalue weighted by Gasteiger charge is 2.11. The maximum absolute atomic E-state index is 5.89. The molecule has 0 aliphatic rings. The molecule has 2 N–H and O–H groups in total. The van der Waals surface area contributed by atoms with Gasteiger partial charge in [0.2, 0.25) is 0 Å². The van der Waals surface area contributed by atoms with Gasteiger partial charge in [-0.05, 0) is 45.8 Å². The summed E-state index contributed by atoms with van der Waals surface area (Å²) in [6.45, 7) is 0.540. The Bertz CT molecular complexity index is 631. The number of benzene rings is 2. The second kappa shape index (κ2) is 6.83. The third-order valence-electron chi connectivity index (χ3n) is 2.66. The lowest BCUT2D eigenvalue weighted by Gasteiger charge is -2.12. The summed E-state index contributed by atoms with van der Waals surface area (Å²) in [5.41, 5.74) is 7.48. The number of methoxy groups -OCH3 is 1. The van der Waals surface area contributed by atoms with Crippen LogP contribution >= 0.6 is 28.1 Å². The second-order valence-electron chi connectivity index (χ2n) is 4.16. The molecule has 2 aromatic carbocycles. The van der Waals surface area contributed by atoms with E-state index in [0.717, 1.165) is 15.8 Å². The molecule has 104 valence electrons. The molecule has 0 radical (unpaired) electrons. The molecule has 0 fully saturated rings. The van der Waals surface area contributed by atoms with E-state index in [-0.39, 0.29) is 0 Å². The van der Waals surface area contributed by atoms with Gasteiger partial charge in [-0.2, -0.15) is 0 Å². The van der Waals surface area contributed by atoms with Crippen LogP contribution < -0.4 is 10.5 Å². The van der Waals surface area contributed by atoms with E-state index in [4.69, 9.17) is 27.4 Å². The van der Waals surface area contributed by atoms with Crippen LogP contribution in [0.4, 0.5) is 0 Å². The minimum absolute atomic E-state index is 0.292. The van der Waals surface area contributed by atoms with E-state index >= 15 is 0 Å². The first-order valence-corrected chi connectivity index (χ1v) is 7.16. The first-order valence-electron chi connectivity index (χ1n) is 5.96. The predicted molar refractivity (Wildman–Crippen MR) is 87.3 cm³/mol. The fraction of sp³-hybridized carbons (Fsp3) is 0.133. The molecule has 0 atom stereocenters. The smallest absolute Gasteiger partial charge is 0.138 e. The molecule has 5 heteroatoms. The molecule has 0 aliphatic carbocycles. The zero-order chi connectivity index (χ0) is 14.5. The Hall–Kier alpha value is -1.43. The fourth-order valence-corrected chi connectivity index (χ4v) is 2.72. The van der Waals surface area contributed by atoms with Gasteiger partial charge >= 0.3 is 0 Å². The van der Waals surface area contributed by atoms with Crippen molar-refractivity contribution in [3.63, 3.8) is 0 Å². The van der Waals surface area contributed by atoms with Gasteiger partial charge in [0.15, 0.2) is 0 Å². The van der Waals surface area contributed by atoms with Gasteiger partial charge in [-0.15, -0.1) is 0 Å². The van der Waals surface area contributed by atoms with Crippen molar-refractivity contribution in [2.24, 2.45) is 5.73 Å². The maximum atomic E-state index is 5.89. The molecule has 20 heavy (non-hydrogen) atoms. The highest BCUT2D eigenvalue weighted by molar-refractivity contribution is 9.10. The van der Waals surface area contributed by atoms with E-state index in [1.807, 2.05) is 42.5 Å². The number of hydrogen-bond donors (Lipinski definition) is 1. The first-order chi connectivity index (χ1) is 9.61. The minimum atomic E-state index is 0.292. The lowest BCUT2D eigenvalue weighted by atomic mass is 10.2. The maximum Gasteiger partial charge on any atom is 0.138 e. The Morgan fingerprint density at radius 2 is 2.00 bits per heavy atom. The standard InChI is InChI=1S/C15H14BrNO2S/c1-18-9-10-4-2-5-11(8-10)19-13-7-3-6-12(16)14(13)15(17)20/h2-8H,9H2,1H3,(H2,17,20). The lowest BCUT2D eigenvalue weighted by molar-refractivity contribution is 0.184. The van der Waals surface area contributed by atoms with Gasteiger partial charge in [0.1, 0.15) is 16.5 Å². The molecule has 0 heterocycles. The number of ether oxygens (including phenoxy) is 2. The van der Waals surface area contributed by atoms with Crippen LogP contribution in [0.2, 0.25) is 0 Å². The number of thiocarbonyl (C=S) groups is 1. The van der Waals surface area contributed by atoms with Gasteiger partial charge < -0.3 is 15.2 Å². The number of rotatable bonds is 5. The Morgan fingerprint density at radius 1 is 1.25 bits per heavy atom. The lowest BCUT2D eigenvalue weighted by Crippen LogP contribution is -2.11. The topological polar surface area (TPSA) is 44.5 Å². The Labute approximate surface area is 131 Å². The summed E-state index contributed by atoms with van der Waals surface area (Å²) in [5, 5.41) is 0. The van der Waals surface area contributed by atoms with E-state index in [0.29, 0.717) is 22.9 Å².